The molecule has 0 bridgehead atoms. The van der Waals surface area contributed by atoms with Gasteiger partial charge in [0.15, 0.2) is 0 Å². The van der Waals surface area contributed by atoms with Crippen LogP contribution < -0.4 is 10.6 Å². The minimum Gasteiger partial charge on any atom is -0.325 e. The highest BCUT2D eigenvalue weighted by atomic mass is 16.2. The Kier molecular flexibility index (Phi) is 3.78. The van der Waals surface area contributed by atoms with Crippen LogP contribution in [0.5, 0.6) is 0 Å². The highest BCUT2D eigenvalue weighted by molar-refractivity contribution is 5.95. The van der Waals surface area contributed by atoms with E-state index in [1.165, 1.54) is 0 Å². The molecule has 2 N–H and O–H groups in total. The highest BCUT2D eigenvalue weighted by Crippen LogP contribution is 2.14. The molecule has 2 aromatic rings. The topological polar surface area (TPSA) is 59.0 Å². The molecule has 1 amide bonds. The first-order valence-corrected chi connectivity index (χ1v) is 6.92. The first-order chi connectivity index (χ1) is 9.81. The maximum absolute atomic E-state index is 12.1. The second-order valence-corrected chi connectivity index (χ2v) is 5.04. The van der Waals surface area contributed by atoms with Gasteiger partial charge < -0.3 is 10.6 Å². The molecule has 20 heavy (non-hydrogen) atoms. The van der Waals surface area contributed by atoms with E-state index in [2.05, 4.69) is 15.7 Å². The maximum atomic E-state index is 12.1. The SMILES string of the molecule is O=C(Nc1cccc(Cn2cccn2)c1)[C@@H]1CCCN1. The van der Waals surface area contributed by atoms with Crippen LogP contribution in [-0.4, -0.2) is 28.3 Å². The summed E-state index contributed by atoms with van der Waals surface area (Å²) in [5.74, 6) is 0.0544. The number of anilines is 1. The molecule has 1 saturated heterocycles. The number of benzene rings is 1. The van der Waals surface area contributed by atoms with Gasteiger partial charge in [-0.15, -0.1) is 0 Å². The van der Waals surface area contributed by atoms with Crippen molar-refractivity contribution in [2.24, 2.45) is 0 Å². The van der Waals surface area contributed by atoms with Gasteiger partial charge in [-0.2, -0.15) is 5.10 Å². The number of aromatic nitrogens is 2. The van der Waals surface area contributed by atoms with Gasteiger partial charge in [-0.3, -0.25) is 9.48 Å². The molecule has 1 fully saturated rings. The van der Waals surface area contributed by atoms with Crippen molar-refractivity contribution in [2.45, 2.75) is 25.4 Å². The lowest BCUT2D eigenvalue weighted by Gasteiger charge is -2.12. The van der Waals surface area contributed by atoms with Gasteiger partial charge in [0.25, 0.3) is 0 Å². The first kappa shape index (κ1) is 12.9. The van der Waals surface area contributed by atoms with E-state index < -0.39 is 0 Å². The average Bonchev–Trinajstić information content (AvgIpc) is 3.12. The Morgan fingerprint density at radius 3 is 3.15 bits per heavy atom. The van der Waals surface area contributed by atoms with Crippen LogP contribution in [0, 0.1) is 0 Å². The fourth-order valence-corrected chi connectivity index (χ4v) is 2.47. The number of carbonyl (C=O) groups is 1. The average molecular weight is 270 g/mol. The monoisotopic (exact) mass is 270 g/mol. The molecule has 3 rings (SSSR count). The van der Waals surface area contributed by atoms with E-state index >= 15 is 0 Å². The minimum atomic E-state index is -0.0511. The van der Waals surface area contributed by atoms with Crippen molar-refractivity contribution < 1.29 is 4.79 Å². The molecule has 0 aliphatic carbocycles. The van der Waals surface area contributed by atoms with Crippen molar-refractivity contribution in [3.63, 3.8) is 0 Å². The van der Waals surface area contributed by atoms with E-state index in [4.69, 9.17) is 0 Å². The third-order valence-electron chi connectivity index (χ3n) is 3.48. The summed E-state index contributed by atoms with van der Waals surface area (Å²) < 4.78 is 1.86. The zero-order valence-electron chi connectivity index (χ0n) is 11.2. The fourth-order valence-electron chi connectivity index (χ4n) is 2.47. The van der Waals surface area contributed by atoms with Crippen LogP contribution in [0.25, 0.3) is 0 Å². The molecule has 1 aromatic heterocycles. The molecule has 0 unspecified atom stereocenters. The molecule has 0 radical (unpaired) electrons. The zero-order valence-corrected chi connectivity index (χ0v) is 11.2. The Morgan fingerprint density at radius 1 is 1.45 bits per heavy atom. The highest BCUT2D eigenvalue weighted by Gasteiger charge is 2.21. The summed E-state index contributed by atoms with van der Waals surface area (Å²) in [5, 5.41) is 10.4. The Balaban J connectivity index is 1.66. The van der Waals surface area contributed by atoms with E-state index in [9.17, 15) is 4.79 Å². The van der Waals surface area contributed by atoms with E-state index in [0.29, 0.717) is 6.54 Å². The second-order valence-electron chi connectivity index (χ2n) is 5.04. The van der Waals surface area contributed by atoms with Gasteiger partial charge in [0.1, 0.15) is 0 Å². The summed E-state index contributed by atoms with van der Waals surface area (Å²) in [7, 11) is 0. The van der Waals surface area contributed by atoms with Gasteiger partial charge in [0.05, 0.1) is 12.6 Å². The van der Waals surface area contributed by atoms with Crippen molar-refractivity contribution in [2.75, 3.05) is 11.9 Å². The Bertz CT molecular complexity index is 573. The van der Waals surface area contributed by atoms with Crippen LogP contribution in [0.1, 0.15) is 18.4 Å². The standard InChI is InChI=1S/C15H18N4O/c20-15(14-6-2-7-16-14)18-13-5-1-4-12(10-13)11-19-9-3-8-17-19/h1,3-5,8-10,14,16H,2,6-7,11H2,(H,18,20)/t14-/m0/s1. The first-order valence-electron chi connectivity index (χ1n) is 6.92. The lowest BCUT2D eigenvalue weighted by Crippen LogP contribution is -2.35. The molecule has 1 aliphatic rings. The van der Waals surface area contributed by atoms with Gasteiger partial charge in [-0.05, 0) is 43.1 Å². The quantitative estimate of drug-likeness (QED) is 0.887. The van der Waals surface area contributed by atoms with Crippen molar-refractivity contribution in [3.05, 3.63) is 48.3 Å². The summed E-state index contributed by atoms with van der Waals surface area (Å²) in [6.07, 6.45) is 5.67. The number of rotatable bonds is 4. The van der Waals surface area contributed by atoms with Crippen molar-refractivity contribution in [1.29, 1.82) is 0 Å². The normalized spacial score (nSPS) is 18.1. The number of carbonyl (C=O) groups excluding carboxylic acids is 1. The summed E-state index contributed by atoms with van der Waals surface area (Å²) >= 11 is 0. The molecule has 5 heteroatoms. The zero-order chi connectivity index (χ0) is 13.8. The van der Waals surface area contributed by atoms with E-state index in [1.54, 1.807) is 6.20 Å². The Hall–Kier alpha value is -2.14. The van der Waals surface area contributed by atoms with Crippen LogP contribution >= 0.6 is 0 Å². The third-order valence-corrected chi connectivity index (χ3v) is 3.48. The lowest BCUT2D eigenvalue weighted by molar-refractivity contribution is -0.117. The molecular weight excluding hydrogens is 252 g/mol. The molecule has 1 aliphatic heterocycles. The lowest BCUT2D eigenvalue weighted by atomic mass is 10.1. The van der Waals surface area contributed by atoms with Gasteiger partial charge in [-0.1, -0.05) is 12.1 Å². The summed E-state index contributed by atoms with van der Waals surface area (Å²) in [6.45, 7) is 1.63. The molecule has 1 atom stereocenters. The van der Waals surface area contributed by atoms with Crippen LogP contribution in [0.3, 0.4) is 0 Å². The van der Waals surface area contributed by atoms with Gasteiger partial charge in [-0.25, -0.2) is 0 Å². The van der Waals surface area contributed by atoms with Crippen molar-refractivity contribution in [1.82, 2.24) is 15.1 Å². The smallest absolute Gasteiger partial charge is 0.241 e. The Morgan fingerprint density at radius 2 is 2.40 bits per heavy atom. The predicted octanol–water partition coefficient (Wildman–Crippen LogP) is 1.62. The summed E-state index contributed by atoms with van der Waals surface area (Å²) in [4.78, 5) is 12.1. The van der Waals surface area contributed by atoms with E-state index in [-0.39, 0.29) is 11.9 Å². The molecule has 2 heterocycles. The Labute approximate surface area is 118 Å². The van der Waals surface area contributed by atoms with Crippen LogP contribution in [0.4, 0.5) is 5.69 Å². The third kappa shape index (κ3) is 3.05. The predicted molar refractivity (Wildman–Crippen MR) is 77.4 cm³/mol. The molecule has 5 nitrogen and oxygen atoms in total. The molecule has 1 aromatic carbocycles. The summed E-state index contributed by atoms with van der Waals surface area (Å²) in [6, 6.07) is 9.75. The second kappa shape index (κ2) is 5.88. The van der Waals surface area contributed by atoms with Crippen molar-refractivity contribution >= 4 is 11.6 Å². The number of nitrogens with one attached hydrogen (secondary N) is 2. The van der Waals surface area contributed by atoms with Gasteiger partial charge in [0.2, 0.25) is 5.91 Å². The van der Waals surface area contributed by atoms with Crippen LogP contribution in [-0.2, 0) is 11.3 Å². The van der Waals surface area contributed by atoms with Crippen molar-refractivity contribution in [3.8, 4) is 0 Å². The fraction of sp³-hybridized carbons (Fsp3) is 0.333. The number of hydrogen-bond donors (Lipinski definition) is 2. The molecule has 0 spiro atoms. The van der Waals surface area contributed by atoms with Crippen LogP contribution in [0.2, 0.25) is 0 Å². The maximum Gasteiger partial charge on any atom is 0.241 e. The molecule has 104 valence electrons. The van der Waals surface area contributed by atoms with E-state index in [0.717, 1.165) is 30.6 Å². The largest absolute Gasteiger partial charge is 0.325 e. The number of hydrogen-bond acceptors (Lipinski definition) is 3. The summed E-state index contributed by atoms with van der Waals surface area (Å²) in [5.41, 5.74) is 1.96. The van der Waals surface area contributed by atoms with E-state index in [1.807, 2.05) is 41.2 Å². The minimum absolute atomic E-state index is 0.0511. The van der Waals surface area contributed by atoms with Gasteiger partial charge >= 0.3 is 0 Å². The number of amides is 1. The number of nitrogens with zero attached hydrogens (tertiary/aromatic N) is 2. The van der Waals surface area contributed by atoms with Crippen LogP contribution in [0.15, 0.2) is 42.7 Å². The molecular formula is C15H18N4O. The molecule has 0 saturated carbocycles. The van der Waals surface area contributed by atoms with Gasteiger partial charge in [0, 0.05) is 18.1 Å².